The number of hydrogen-bond donors (Lipinski definition) is 2. The van der Waals surface area contributed by atoms with Crippen LogP contribution in [0.5, 0.6) is 0 Å². The van der Waals surface area contributed by atoms with Gasteiger partial charge in [-0.05, 0) is 13.3 Å². The van der Waals surface area contributed by atoms with Crippen LogP contribution in [0.1, 0.15) is 41.0 Å². The highest BCUT2D eigenvalue weighted by Crippen LogP contribution is 2.31. The zero-order chi connectivity index (χ0) is 12.2. The molecule has 0 atom stereocenters. The van der Waals surface area contributed by atoms with Gasteiger partial charge in [0.05, 0.1) is 6.61 Å². The van der Waals surface area contributed by atoms with E-state index in [0.29, 0.717) is 5.41 Å². The fourth-order valence-electron chi connectivity index (χ4n) is 1.41. The van der Waals surface area contributed by atoms with Crippen molar-refractivity contribution in [2.75, 3.05) is 32.9 Å². The molecule has 0 saturated carbocycles. The summed E-state index contributed by atoms with van der Waals surface area (Å²) in [7, 11) is 0. The van der Waals surface area contributed by atoms with Gasteiger partial charge in [-0.15, -0.1) is 0 Å². The molecule has 0 bridgehead atoms. The summed E-state index contributed by atoms with van der Waals surface area (Å²) in [5.74, 6) is 0. The highest BCUT2D eigenvalue weighted by atomic mass is 19.0. The first kappa shape index (κ1) is 25.6. The quantitative estimate of drug-likeness (QED) is 0.701. The summed E-state index contributed by atoms with van der Waals surface area (Å²) in [5.41, 5.74) is 0.583. The summed E-state index contributed by atoms with van der Waals surface area (Å²) < 4.78 is 5.26. The topological polar surface area (TPSA) is 41.5 Å². The molecule has 2 aliphatic heterocycles. The Bertz CT molecular complexity index is 115. The van der Waals surface area contributed by atoms with Crippen LogP contribution in [0.2, 0.25) is 0 Å². The largest absolute Gasteiger partial charge is 0.397 e. The van der Waals surface area contributed by atoms with E-state index in [1.165, 1.54) is 19.5 Å². The Hall–Kier alpha value is -0.260. The van der Waals surface area contributed by atoms with Crippen LogP contribution in [0.25, 0.3) is 0 Å². The van der Waals surface area contributed by atoms with E-state index in [4.69, 9.17) is 9.84 Å². The Morgan fingerprint density at radius 2 is 1.53 bits per heavy atom. The van der Waals surface area contributed by atoms with Crippen LogP contribution in [0.4, 0.5) is 9.41 Å². The minimum atomic E-state index is 0. The smallest absolute Gasteiger partial charge is 0.0547 e. The molecule has 110 valence electrons. The molecule has 2 rings (SSSR count). The fraction of sp³-hybridized carbons (Fsp3) is 1.00. The van der Waals surface area contributed by atoms with Crippen molar-refractivity contribution < 1.29 is 19.3 Å². The Morgan fingerprint density at radius 1 is 1.12 bits per heavy atom. The van der Waals surface area contributed by atoms with Crippen molar-refractivity contribution in [3.05, 3.63) is 0 Å². The molecule has 2 fully saturated rings. The van der Waals surface area contributed by atoms with Crippen molar-refractivity contribution >= 4 is 0 Å². The second-order valence-corrected chi connectivity index (χ2v) is 3.22. The lowest BCUT2D eigenvalue weighted by Gasteiger charge is -2.37. The monoisotopic (exact) mass is 259 g/mol. The van der Waals surface area contributed by atoms with Crippen LogP contribution in [0.3, 0.4) is 0 Å². The maximum absolute atomic E-state index is 7.57. The molecule has 3 nitrogen and oxygen atoms in total. The molecule has 0 unspecified atom stereocenters. The molecule has 2 saturated heterocycles. The van der Waals surface area contributed by atoms with Gasteiger partial charge in [-0.1, -0.05) is 27.7 Å². The van der Waals surface area contributed by atoms with E-state index in [9.17, 15) is 0 Å². The van der Waals surface area contributed by atoms with Crippen molar-refractivity contribution in [2.24, 2.45) is 5.41 Å². The van der Waals surface area contributed by atoms with Crippen LogP contribution < -0.4 is 5.32 Å². The summed E-state index contributed by atoms with van der Waals surface area (Å²) in [6, 6.07) is 0. The van der Waals surface area contributed by atoms with E-state index in [2.05, 4.69) is 5.32 Å². The zero-order valence-corrected chi connectivity index (χ0v) is 11.9. The fourth-order valence-corrected chi connectivity index (χ4v) is 1.41. The number of aliphatic hydroxyl groups excluding tert-OH is 1. The third-order valence-electron chi connectivity index (χ3n) is 2.18. The van der Waals surface area contributed by atoms with Crippen molar-refractivity contribution in [1.29, 1.82) is 0 Å². The van der Waals surface area contributed by atoms with Gasteiger partial charge in [0, 0.05) is 31.7 Å². The molecule has 0 amide bonds. The molecule has 0 aromatic heterocycles. The minimum absolute atomic E-state index is 0. The van der Waals surface area contributed by atoms with Gasteiger partial charge in [-0.3, -0.25) is 9.41 Å². The maximum Gasteiger partial charge on any atom is 0.0547 e. The Morgan fingerprint density at radius 3 is 1.65 bits per heavy atom. The van der Waals surface area contributed by atoms with Crippen LogP contribution in [-0.4, -0.2) is 38.0 Å². The molecule has 0 radical (unpaired) electrons. The van der Waals surface area contributed by atoms with E-state index in [-0.39, 0.29) is 16.0 Å². The summed E-state index contributed by atoms with van der Waals surface area (Å²) in [4.78, 5) is 0. The second-order valence-electron chi connectivity index (χ2n) is 3.22. The van der Waals surface area contributed by atoms with Gasteiger partial charge < -0.3 is 15.2 Å². The van der Waals surface area contributed by atoms with E-state index in [0.717, 1.165) is 13.2 Å². The first-order valence-electron chi connectivity index (χ1n) is 6.22. The maximum atomic E-state index is 7.57. The van der Waals surface area contributed by atoms with Gasteiger partial charge in [-0.25, -0.2) is 0 Å². The van der Waals surface area contributed by atoms with Gasteiger partial charge in [0.1, 0.15) is 0 Å². The second kappa shape index (κ2) is 18.1. The van der Waals surface area contributed by atoms with Crippen LogP contribution >= 0.6 is 0 Å². The van der Waals surface area contributed by atoms with E-state index >= 15 is 0 Å². The molecule has 2 N–H and O–H groups in total. The third kappa shape index (κ3) is 10.6. The number of halogens is 2. The molecule has 1 spiro atoms. The number of rotatable bonds is 0. The highest BCUT2D eigenvalue weighted by molar-refractivity contribution is 4.94. The lowest BCUT2D eigenvalue weighted by atomic mass is 9.81. The van der Waals surface area contributed by atoms with Crippen molar-refractivity contribution in [3.63, 3.8) is 0 Å². The molecular formula is C12H31F2NO2. The van der Waals surface area contributed by atoms with Gasteiger partial charge in [0.15, 0.2) is 0 Å². The minimum Gasteiger partial charge on any atom is -0.397 e. The van der Waals surface area contributed by atoms with Crippen molar-refractivity contribution in [2.45, 2.75) is 41.0 Å². The summed E-state index contributed by atoms with van der Waals surface area (Å²) in [6.45, 7) is 14.3. The van der Waals surface area contributed by atoms with Gasteiger partial charge >= 0.3 is 0 Å². The van der Waals surface area contributed by atoms with E-state index in [1.807, 2.05) is 27.7 Å². The van der Waals surface area contributed by atoms with Crippen molar-refractivity contribution in [3.8, 4) is 0 Å². The lowest BCUT2D eigenvalue weighted by Crippen LogP contribution is -2.53. The molecule has 17 heavy (non-hydrogen) atoms. The number of nitrogens with one attached hydrogen (secondary N) is 1. The summed E-state index contributed by atoms with van der Waals surface area (Å²) in [6.07, 6.45) is 1.28. The molecule has 0 aliphatic carbocycles. The number of aliphatic hydroxyl groups is 1. The van der Waals surface area contributed by atoms with E-state index < -0.39 is 0 Å². The van der Waals surface area contributed by atoms with Gasteiger partial charge in [0.25, 0.3) is 0 Å². The van der Waals surface area contributed by atoms with Gasteiger partial charge in [-0.2, -0.15) is 0 Å². The lowest BCUT2D eigenvalue weighted by molar-refractivity contribution is 0.112. The Balaban J connectivity index is -0.0000000830. The molecule has 2 heterocycles. The van der Waals surface area contributed by atoms with Crippen LogP contribution in [0, 0.1) is 5.41 Å². The standard InChI is InChI=1S/C6H11NO.C2H6O.2C2H6.2FH/c1-2-8-5-6(1)3-7-4-6;1-2-3;2*1-2;;/h7H,1-5H2;3H,2H2,1H3;2*1-2H3;2*1H. The van der Waals surface area contributed by atoms with Crippen molar-refractivity contribution in [1.82, 2.24) is 5.32 Å². The van der Waals surface area contributed by atoms with Crippen LogP contribution in [-0.2, 0) is 4.74 Å². The zero-order valence-electron chi connectivity index (χ0n) is 11.9. The highest BCUT2D eigenvalue weighted by Gasteiger charge is 2.40. The molecular weight excluding hydrogens is 228 g/mol. The third-order valence-corrected chi connectivity index (χ3v) is 2.18. The van der Waals surface area contributed by atoms with Gasteiger partial charge in [0.2, 0.25) is 0 Å². The predicted octanol–water partition coefficient (Wildman–Crippen LogP) is 2.35. The van der Waals surface area contributed by atoms with E-state index in [1.54, 1.807) is 6.92 Å². The predicted molar refractivity (Wildman–Crippen MR) is 71.2 cm³/mol. The summed E-state index contributed by atoms with van der Waals surface area (Å²) >= 11 is 0. The average Bonchev–Trinajstić information content (AvgIpc) is 2.73. The molecule has 2 aliphatic rings. The summed E-state index contributed by atoms with van der Waals surface area (Å²) in [5, 5.41) is 10.8. The molecule has 5 heteroatoms. The Kier molecular flexibility index (Phi) is 27.2. The number of hydrogen-bond acceptors (Lipinski definition) is 3. The molecule has 0 aromatic carbocycles. The van der Waals surface area contributed by atoms with Crippen LogP contribution in [0.15, 0.2) is 0 Å². The normalized spacial score (nSPS) is 17.3. The molecule has 0 aromatic rings. The number of ether oxygens (including phenoxy) is 1. The first-order valence-corrected chi connectivity index (χ1v) is 6.22. The Labute approximate surface area is 105 Å². The average molecular weight is 259 g/mol. The SMILES string of the molecule is C1CC2(CNC2)CO1.CC.CC.CCO.F.F. The first-order chi connectivity index (χ1) is 7.33.